The molecule has 1 amide bonds. The van der Waals surface area contributed by atoms with Crippen molar-refractivity contribution in [3.05, 3.63) is 66.7 Å². The lowest BCUT2D eigenvalue weighted by atomic mass is 10.0. The normalized spacial score (nSPS) is 14.6. The molecule has 1 aliphatic heterocycles. The quantitative estimate of drug-likeness (QED) is 0.795. The predicted molar refractivity (Wildman–Crippen MR) is 76.4 cm³/mol. The Bertz CT molecular complexity index is 554. The number of carbonyl (C=O) groups excluding carboxylic acids is 1. The molecule has 0 aromatic heterocycles. The molecule has 2 heteroatoms. The topological polar surface area (TPSA) is 20.3 Å². The minimum atomic E-state index is 0.108. The first-order valence-corrected chi connectivity index (χ1v) is 6.64. The van der Waals surface area contributed by atoms with E-state index >= 15 is 0 Å². The maximum atomic E-state index is 12.2. The SMILES string of the molecule is O=C(c1ccc(-c2ccccc2)cc1)N1[CH]CCC1. The lowest BCUT2D eigenvalue weighted by molar-refractivity contribution is 0.0821. The number of amides is 1. The number of hydrogen-bond donors (Lipinski definition) is 0. The fourth-order valence-electron chi connectivity index (χ4n) is 2.39. The standard InChI is InChI=1S/C17H16NO/c19-17(18-12-4-5-13-18)16-10-8-15(9-11-16)14-6-2-1-3-7-14/h1-3,6-12H,4-5,13H2. The van der Waals surface area contributed by atoms with Gasteiger partial charge in [0.1, 0.15) is 0 Å². The first kappa shape index (κ1) is 12.0. The number of rotatable bonds is 2. The maximum absolute atomic E-state index is 12.2. The van der Waals surface area contributed by atoms with Crippen molar-refractivity contribution in [2.75, 3.05) is 6.54 Å². The molecular formula is C17H16NO. The first-order chi connectivity index (χ1) is 9.34. The molecule has 1 aliphatic rings. The van der Waals surface area contributed by atoms with E-state index in [1.165, 1.54) is 5.56 Å². The Labute approximate surface area is 113 Å². The van der Waals surface area contributed by atoms with Gasteiger partial charge in [0, 0.05) is 12.1 Å². The van der Waals surface area contributed by atoms with Gasteiger partial charge in [-0.15, -0.1) is 0 Å². The molecule has 0 saturated carbocycles. The van der Waals surface area contributed by atoms with E-state index in [1.54, 1.807) is 0 Å². The molecule has 95 valence electrons. The monoisotopic (exact) mass is 250 g/mol. The Hall–Kier alpha value is -2.09. The number of carbonyl (C=O) groups is 1. The van der Waals surface area contributed by atoms with Crippen molar-refractivity contribution >= 4 is 5.91 Å². The number of benzene rings is 2. The van der Waals surface area contributed by atoms with Crippen LogP contribution in [0.5, 0.6) is 0 Å². The van der Waals surface area contributed by atoms with Gasteiger partial charge in [-0.05, 0) is 36.1 Å². The van der Waals surface area contributed by atoms with Crippen LogP contribution in [0.15, 0.2) is 54.6 Å². The summed E-state index contributed by atoms with van der Waals surface area (Å²) >= 11 is 0. The lowest BCUT2D eigenvalue weighted by Crippen LogP contribution is -2.24. The maximum Gasteiger partial charge on any atom is 0.254 e. The summed E-state index contributed by atoms with van der Waals surface area (Å²) in [5.74, 6) is 0.108. The number of hydrogen-bond acceptors (Lipinski definition) is 1. The third-order valence-corrected chi connectivity index (χ3v) is 3.45. The van der Waals surface area contributed by atoms with E-state index < -0.39 is 0 Å². The van der Waals surface area contributed by atoms with Crippen LogP contribution in [0, 0.1) is 6.54 Å². The number of likely N-dealkylation sites (tertiary alicyclic amines) is 1. The highest BCUT2D eigenvalue weighted by Crippen LogP contribution is 2.21. The zero-order valence-electron chi connectivity index (χ0n) is 10.8. The zero-order valence-corrected chi connectivity index (χ0v) is 10.8. The largest absolute Gasteiger partial charge is 0.334 e. The van der Waals surface area contributed by atoms with Crippen molar-refractivity contribution in [3.63, 3.8) is 0 Å². The third-order valence-electron chi connectivity index (χ3n) is 3.45. The van der Waals surface area contributed by atoms with Gasteiger partial charge in [-0.25, -0.2) is 0 Å². The van der Waals surface area contributed by atoms with Crippen molar-refractivity contribution in [1.29, 1.82) is 0 Å². The van der Waals surface area contributed by atoms with Gasteiger partial charge in [0.05, 0.1) is 6.54 Å². The second kappa shape index (κ2) is 5.27. The minimum absolute atomic E-state index is 0.108. The predicted octanol–water partition coefficient (Wildman–Crippen LogP) is 3.75. The summed E-state index contributed by atoms with van der Waals surface area (Å²) in [6.45, 7) is 2.84. The Kier molecular flexibility index (Phi) is 3.32. The van der Waals surface area contributed by atoms with Gasteiger partial charge >= 0.3 is 0 Å². The molecule has 0 N–H and O–H groups in total. The minimum Gasteiger partial charge on any atom is -0.334 e. The molecule has 0 spiro atoms. The van der Waals surface area contributed by atoms with Crippen LogP contribution in [0.4, 0.5) is 0 Å². The van der Waals surface area contributed by atoms with E-state index in [0.29, 0.717) is 0 Å². The smallest absolute Gasteiger partial charge is 0.254 e. The highest BCUT2D eigenvalue weighted by Gasteiger charge is 2.19. The third kappa shape index (κ3) is 2.53. The Balaban J connectivity index is 1.81. The summed E-state index contributed by atoms with van der Waals surface area (Å²) in [6.07, 6.45) is 2.08. The molecule has 2 aromatic rings. The summed E-state index contributed by atoms with van der Waals surface area (Å²) in [5, 5.41) is 0. The van der Waals surface area contributed by atoms with Crippen LogP contribution < -0.4 is 0 Å². The molecule has 0 bridgehead atoms. The molecular weight excluding hydrogens is 234 g/mol. The molecule has 1 radical (unpaired) electrons. The van der Waals surface area contributed by atoms with Crippen molar-refractivity contribution in [2.45, 2.75) is 12.8 Å². The molecule has 1 fully saturated rings. The molecule has 1 heterocycles. The molecule has 19 heavy (non-hydrogen) atoms. The van der Waals surface area contributed by atoms with Crippen LogP contribution in [-0.4, -0.2) is 17.4 Å². The summed E-state index contributed by atoms with van der Waals surface area (Å²) in [4.78, 5) is 14.0. The van der Waals surface area contributed by atoms with E-state index in [2.05, 4.69) is 12.1 Å². The molecule has 2 nitrogen and oxygen atoms in total. The van der Waals surface area contributed by atoms with Crippen LogP contribution in [0.3, 0.4) is 0 Å². The van der Waals surface area contributed by atoms with E-state index in [4.69, 9.17) is 0 Å². The summed E-state index contributed by atoms with van der Waals surface area (Å²) in [7, 11) is 0. The molecule has 0 unspecified atom stereocenters. The highest BCUT2D eigenvalue weighted by molar-refractivity contribution is 5.95. The molecule has 3 rings (SSSR count). The lowest BCUT2D eigenvalue weighted by Gasteiger charge is -2.14. The Morgan fingerprint density at radius 1 is 0.895 bits per heavy atom. The van der Waals surface area contributed by atoms with E-state index in [9.17, 15) is 4.79 Å². The van der Waals surface area contributed by atoms with Crippen LogP contribution in [0.1, 0.15) is 23.2 Å². The second-order valence-corrected chi connectivity index (χ2v) is 4.77. The van der Waals surface area contributed by atoms with Gasteiger partial charge in [0.15, 0.2) is 0 Å². The van der Waals surface area contributed by atoms with Gasteiger partial charge in [-0.2, -0.15) is 0 Å². The first-order valence-electron chi connectivity index (χ1n) is 6.64. The molecule has 2 aromatic carbocycles. The van der Waals surface area contributed by atoms with Gasteiger partial charge in [0.25, 0.3) is 5.91 Å². The Morgan fingerprint density at radius 3 is 2.21 bits per heavy atom. The van der Waals surface area contributed by atoms with Gasteiger partial charge in [-0.3, -0.25) is 4.79 Å². The highest BCUT2D eigenvalue weighted by atomic mass is 16.2. The van der Waals surface area contributed by atoms with Gasteiger partial charge in [0.2, 0.25) is 0 Å². The summed E-state index contributed by atoms with van der Waals surface area (Å²) in [5.41, 5.74) is 3.08. The second-order valence-electron chi connectivity index (χ2n) is 4.77. The van der Waals surface area contributed by atoms with Crippen LogP contribution in [0.25, 0.3) is 11.1 Å². The molecule has 0 aliphatic carbocycles. The summed E-state index contributed by atoms with van der Waals surface area (Å²) in [6, 6.07) is 18.0. The van der Waals surface area contributed by atoms with Gasteiger partial charge < -0.3 is 4.90 Å². The van der Waals surface area contributed by atoms with Crippen molar-refractivity contribution in [3.8, 4) is 11.1 Å². The van der Waals surface area contributed by atoms with Crippen molar-refractivity contribution < 1.29 is 4.79 Å². The average Bonchev–Trinajstić information content (AvgIpc) is 3.02. The Morgan fingerprint density at radius 2 is 1.58 bits per heavy atom. The van der Waals surface area contributed by atoms with Crippen molar-refractivity contribution in [2.24, 2.45) is 0 Å². The van der Waals surface area contributed by atoms with Crippen molar-refractivity contribution in [1.82, 2.24) is 4.90 Å². The van der Waals surface area contributed by atoms with Gasteiger partial charge in [-0.1, -0.05) is 42.5 Å². The molecule has 0 atom stereocenters. The number of nitrogens with zero attached hydrogens (tertiary/aromatic N) is 1. The fourth-order valence-corrected chi connectivity index (χ4v) is 2.39. The average molecular weight is 250 g/mol. The van der Waals surface area contributed by atoms with E-state index in [-0.39, 0.29) is 5.91 Å². The van der Waals surface area contributed by atoms with Crippen LogP contribution in [-0.2, 0) is 0 Å². The van der Waals surface area contributed by atoms with E-state index in [0.717, 1.165) is 30.5 Å². The van der Waals surface area contributed by atoms with E-state index in [1.807, 2.05) is 53.9 Å². The fraction of sp³-hybridized carbons (Fsp3) is 0.176. The molecule has 1 saturated heterocycles. The van der Waals surface area contributed by atoms with Crippen LogP contribution in [0.2, 0.25) is 0 Å². The van der Waals surface area contributed by atoms with Crippen LogP contribution >= 0.6 is 0 Å². The summed E-state index contributed by atoms with van der Waals surface area (Å²) < 4.78 is 0. The zero-order chi connectivity index (χ0) is 13.1.